The molecule has 2 rings (SSSR count). The molecule has 0 aliphatic rings. The zero-order valence-corrected chi connectivity index (χ0v) is 12.9. The summed E-state index contributed by atoms with van der Waals surface area (Å²) < 4.78 is 0.741. The van der Waals surface area contributed by atoms with E-state index in [1.54, 1.807) is 29.5 Å². The summed E-state index contributed by atoms with van der Waals surface area (Å²) in [7, 11) is 0. The number of benzene rings is 1. The van der Waals surface area contributed by atoms with Crippen molar-refractivity contribution in [3.8, 4) is 0 Å². The largest absolute Gasteiger partial charge is 0.398 e. The van der Waals surface area contributed by atoms with Gasteiger partial charge >= 0.3 is 0 Å². The van der Waals surface area contributed by atoms with Crippen LogP contribution >= 0.6 is 27.3 Å². The summed E-state index contributed by atoms with van der Waals surface area (Å²) in [5.74, 6) is -0.0802. The fourth-order valence-corrected chi connectivity index (χ4v) is 2.85. The van der Waals surface area contributed by atoms with Gasteiger partial charge in [-0.05, 0) is 69.9 Å². The molecule has 1 aromatic heterocycles. The number of rotatable bonds is 4. The summed E-state index contributed by atoms with van der Waals surface area (Å²) in [6.07, 6.45) is 0.839. The highest BCUT2D eigenvalue weighted by atomic mass is 79.9. The molecule has 1 aromatic carbocycles. The van der Waals surface area contributed by atoms with E-state index in [0.717, 1.165) is 10.9 Å². The first kappa shape index (κ1) is 14.1. The number of hydrogen-bond donors (Lipinski definition) is 2. The number of carbonyl (C=O) groups is 1. The van der Waals surface area contributed by atoms with Crippen LogP contribution in [0.3, 0.4) is 0 Å². The molecule has 5 heteroatoms. The van der Waals surface area contributed by atoms with E-state index in [1.165, 1.54) is 5.56 Å². The molecule has 0 radical (unpaired) electrons. The van der Waals surface area contributed by atoms with Crippen molar-refractivity contribution in [1.82, 2.24) is 5.32 Å². The Hall–Kier alpha value is -1.33. The lowest BCUT2D eigenvalue weighted by atomic mass is 10.1. The van der Waals surface area contributed by atoms with Crippen molar-refractivity contribution in [3.63, 3.8) is 0 Å². The molecule has 2 aromatic rings. The summed E-state index contributed by atoms with van der Waals surface area (Å²) in [6, 6.07) is 7.36. The summed E-state index contributed by atoms with van der Waals surface area (Å²) >= 11 is 4.99. The number of nitrogens with two attached hydrogens (primary N) is 1. The number of amides is 1. The van der Waals surface area contributed by atoms with Gasteiger partial charge in [0.2, 0.25) is 0 Å². The third-order valence-electron chi connectivity index (χ3n) is 2.76. The average Bonchev–Trinajstić information content (AvgIpc) is 2.85. The molecule has 3 nitrogen and oxygen atoms in total. The molecule has 0 fully saturated rings. The molecule has 0 aliphatic heterocycles. The first-order valence-corrected chi connectivity index (χ1v) is 7.67. The molecule has 0 spiro atoms. The molecule has 3 N–H and O–H groups in total. The summed E-state index contributed by atoms with van der Waals surface area (Å²) in [4.78, 5) is 12.1. The molecule has 0 saturated carbocycles. The summed E-state index contributed by atoms with van der Waals surface area (Å²) in [6.45, 7) is 2.00. The number of halogens is 1. The number of nitrogen functional groups attached to an aromatic ring is 1. The van der Waals surface area contributed by atoms with Gasteiger partial charge in [-0.2, -0.15) is 11.3 Å². The lowest BCUT2D eigenvalue weighted by Gasteiger charge is -2.13. The van der Waals surface area contributed by atoms with Gasteiger partial charge in [-0.3, -0.25) is 4.79 Å². The van der Waals surface area contributed by atoms with Crippen LogP contribution < -0.4 is 11.1 Å². The van der Waals surface area contributed by atoms with Gasteiger partial charge in [-0.1, -0.05) is 0 Å². The van der Waals surface area contributed by atoms with E-state index in [4.69, 9.17) is 5.73 Å². The predicted molar refractivity (Wildman–Crippen MR) is 83.5 cm³/mol. The Morgan fingerprint density at radius 2 is 2.26 bits per heavy atom. The second-order valence-electron chi connectivity index (χ2n) is 4.45. The Morgan fingerprint density at radius 3 is 2.89 bits per heavy atom. The predicted octanol–water partition coefficient (Wildman–Crippen LogP) is 3.45. The quantitative estimate of drug-likeness (QED) is 0.839. The van der Waals surface area contributed by atoms with E-state index in [0.29, 0.717) is 11.3 Å². The normalized spacial score (nSPS) is 12.1. The molecule has 19 heavy (non-hydrogen) atoms. The van der Waals surface area contributed by atoms with Gasteiger partial charge in [0.1, 0.15) is 0 Å². The van der Waals surface area contributed by atoms with Crippen LogP contribution in [0.15, 0.2) is 39.5 Å². The Bertz CT molecular complexity index is 569. The maximum absolute atomic E-state index is 12.1. The topological polar surface area (TPSA) is 55.1 Å². The van der Waals surface area contributed by atoms with Gasteiger partial charge in [-0.15, -0.1) is 0 Å². The minimum absolute atomic E-state index is 0.0802. The van der Waals surface area contributed by atoms with Crippen molar-refractivity contribution in [3.05, 3.63) is 50.6 Å². The third kappa shape index (κ3) is 3.81. The Balaban J connectivity index is 1.98. The van der Waals surface area contributed by atoms with E-state index in [2.05, 4.69) is 32.7 Å². The van der Waals surface area contributed by atoms with E-state index in [9.17, 15) is 4.79 Å². The molecule has 0 saturated heterocycles. The van der Waals surface area contributed by atoms with Crippen molar-refractivity contribution in [2.45, 2.75) is 19.4 Å². The van der Waals surface area contributed by atoms with Crippen molar-refractivity contribution < 1.29 is 4.79 Å². The zero-order chi connectivity index (χ0) is 13.8. The minimum Gasteiger partial charge on any atom is -0.398 e. The van der Waals surface area contributed by atoms with Gasteiger partial charge in [-0.25, -0.2) is 0 Å². The smallest absolute Gasteiger partial charge is 0.251 e. The molecule has 100 valence electrons. The standard InChI is InChI=1S/C14H15BrN2OS/c1-9(6-10-4-5-19-8-10)17-14(18)11-2-3-13(16)12(15)7-11/h2-5,7-9H,6,16H2,1H3,(H,17,18). The van der Waals surface area contributed by atoms with Gasteiger partial charge < -0.3 is 11.1 Å². The Kier molecular flexibility index (Phi) is 4.61. The second kappa shape index (κ2) is 6.21. The van der Waals surface area contributed by atoms with Crippen LogP contribution in [-0.2, 0) is 6.42 Å². The van der Waals surface area contributed by atoms with E-state index >= 15 is 0 Å². The monoisotopic (exact) mass is 338 g/mol. The highest BCUT2D eigenvalue weighted by Gasteiger charge is 2.11. The van der Waals surface area contributed by atoms with Crippen molar-refractivity contribution in [2.24, 2.45) is 0 Å². The number of anilines is 1. The SMILES string of the molecule is CC(Cc1ccsc1)NC(=O)c1ccc(N)c(Br)c1. The molecule has 0 aliphatic carbocycles. The number of hydrogen-bond acceptors (Lipinski definition) is 3. The van der Waals surface area contributed by atoms with Crippen LogP contribution in [0.4, 0.5) is 5.69 Å². The molecular formula is C14H15BrN2OS. The lowest BCUT2D eigenvalue weighted by molar-refractivity contribution is 0.0940. The van der Waals surface area contributed by atoms with Gasteiger partial charge in [0, 0.05) is 21.8 Å². The fraction of sp³-hybridized carbons (Fsp3) is 0.214. The van der Waals surface area contributed by atoms with Crippen LogP contribution in [0.25, 0.3) is 0 Å². The van der Waals surface area contributed by atoms with Gasteiger partial charge in [0.15, 0.2) is 0 Å². The van der Waals surface area contributed by atoms with Crippen molar-refractivity contribution in [1.29, 1.82) is 0 Å². The Labute approximate surface area is 125 Å². The molecule has 1 amide bonds. The zero-order valence-electron chi connectivity index (χ0n) is 10.5. The third-order valence-corrected chi connectivity index (χ3v) is 4.18. The summed E-state index contributed by atoms with van der Waals surface area (Å²) in [5, 5.41) is 7.13. The summed E-state index contributed by atoms with van der Waals surface area (Å²) in [5.41, 5.74) is 8.19. The average molecular weight is 339 g/mol. The van der Waals surface area contributed by atoms with Gasteiger partial charge in [0.25, 0.3) is 5.91 Å². The van der Waals surface area contributed by atoms with Gasteiger partial charge in [0.05, 0.1) is 0 Å². The van der Waals surface area contributed by atoms with Crippen molar-refractivity contribution >= 4 is 38.9 Å². The number of carbonyl (C=O) groups excluding carboxylic acids is 1. The first-order chi connectivity index (χ1) is 9.06. The molecule has 1 atom stereocenters. The van der Waals surface area contributed by atoms with E-state index < -0.39 is 0 Å². The molecule has 0 bridgehead atoms. The molecule has 1 unspecified atom stereocenters. The van der Waals surface area contributed by atoms with Crippen LogP contribution in [0.5, 0.6) is 0 Å². The molecule has 1 heterocycles. The highest BCUT2D eigenvalue weighted by molar-refractivity contribution is 9.10. The Morgan fingerprint density at radius 1 is 1.47 bits per heavy atom. The minimum atomic E-state index is -0.0802. The van der Waals surface area contributed by atoms with Crippen LogP contribution in [0.2, 0.25) is 0 Å². The maximum Gasteiger partial charge on any atom is 0.251 e. The lowest BCUT2D eigenvalue weighted by Crippen LogP contribution is -2.34. The fourth-order valence-electron chi connectivity index (χ4n) is 1.79. The maximum atomic E-state index is 12.1. The van der Waals surface area contributed by atoms with E-state index in [-0.39, 0.29) is 11.9 Å². The first-order valence-electron chi connectivity index (χ1n) is 5.93. The number of nitrogens with one attached hydrogen (secondary N) is 1. The van der Waals surface area contributed by atoms with Crippen LogP contribution in [0.1, 0.15) is 22.8 Å². The van der Waals surface area contributed by atoms with E-state index in [1.807, 2.05) is 12.3 Å². The van der Waals surface area contributed by atoms with Crippen LogP contribution in [0, 0.1) is 0 Å². The molecular weight excluding hydrogens is 324 g/mol. The van der Waals surface area contributed by atoms with Crippen molar-refractivity contribution in [2.75, 3.05) is 5.73 Å². The second-order valence-corrected chi connectivity index (χ2v) is 6.08. The van der Waals surface area contributed by atoms with Crippen LogP contribution in [-0.4, -0.2) is 11.9 Å². The highest BCUT2D eigenvalue weighted by Crippen LogP contribution is 2.20. The number of thiophene rings is 1.